The van der Waals surface area contributed by atoms with Crippen molar-refractivity contribution in [1.82, 2.24) is 14.8 Å². The van der Waals surface area contributed by atoms with E-state index >= 15 is 0 Å². The van der Waals surface area contributed by atoms with Crippen molar-refractivity contribution in [1.29, 1.82) is 5.26 Å². The molecular formula is C30H32ClN5O3. The van der Waals surface area contributed by atoms with Gasteiger partial charge in [0.1, 0.15) is 18.4 Å². The number of anilines is 2. The highest BCUT2D eigenvalue weighted by Crippen LogP contribution is 2.41. The Kier molecular flexibility index (Phi) is 7.94. The SMILES string of the molecule is COc1cc(Nc2c(C#N)cnc3c2ccc2c(OCCN4CCN(C)CC4)c(OC)ccc23)c(C)cc1Cl. The monoisotopic (exact) mass is 545 g/mol. The molecule has 202 valence electrons. The number of hydrogen-bond acceptors (Lipinski definition) is 8. The number of likely N-dealkylation sites (N-methyl/N-ethyl adjacent to an activating group) is 1. The van der Waals surface area contributed by atoms with Gasteiger partial charge in [0.2, 0.25) is 0 Å². The van der Waals surface area contributed by atoms with E-state index in [4.69, 9.17) is 30.8 Å². The van der Waals surface area contributed by atoms with Crippen molar-refractivity contribution in [2.45, 2.75) is 6.92 Å². The molecule has 1 N–H and O–H groups in total. The Bertz CT molecular complexity index is 1560. The number of ether oxygens (including phenoxy) is 3. The lowest BCUT2D eigenvalue weighted by Gasteiger charge is -2.32. The summed E-state index contributed by atoms with van der Waals surface area (Å²) in [5.41, 5.74) is 3.59. The minimum atomic E-state index is 0.437. The van der Waals surface area contributed by atoms with Gasteiger partial charge in [0, 0.05) is 66.8 Å². The van der Waals surface area contributed by atoms with Crippen molar-refractivity contribution in [3.05, 3.63) is 58.7 Å². The van der Waals surface area contributed by atoms with Crippen LogP contribution in [0.1, 0.15) is 11.1 Å². The summed E-state index contributed by atoms with van der Waals surface area (Å²) in [6.45, 7) is 7.58. The summed E-state index contributed by atoms with van der Waals surface area (Å²) in [4.78, 5) is 9.45. The number of nitrogens with zero attached hydrogens (tertiary/aromatic N) is 4. The number of nitriles is 1. The van der Waals surface area contributed by atoms with Crippen LogP contribution in [0.2, 0.25) is 5.02 Å². The molecule has 1 fully saturated rings. The van der Waals surface area contributed by atoms with E-state index in [1.54, 1.807) is 20.4 Å². The fourth-order valence-electron chi connectivity index (χ4n) is 4.98. The molecule has 0 aliphatic carbocycles. The fraction of sp³-hybridized carbons (Fsp3) is 0.333. The molecule has 4 aromatic rings. The fourth-order valence-corrected chi connectivity index (χ4v) is 5.27. The molecule has 9 heteroatoms. The Morgan fingerprint density at radius 3 is 2.44 bits per heavy atom. The van der Waals surface area contributed by atoms with Gasteiger partial charge in [-0.2, -0.15) is 5.26 Å². The maximum absolute atomic E-state index is 9.90. The molecule has 2 heterocycles. The van der Waals surface area contributed by atoms with Crippen LogP contribution in [0.15, 0.2) is 42.6 Å². The summed E-state index contributed by atoms with van der Waals surface area (Å²) in [6.07, 6.45) is 1.60. The first-order chi connectivity index (χ1) is 18.9. The first kappa shape index (κ1) is 26.8. The second-order valence-corrected chi connectivity index (χ2v) is 10.1. The molecule has 39 heavy (non-hydrogen) atoms. The van der Waals surface area contributed by atoms with Crippen molar-refractivity contribution < 1.29 is 14.2 Å². The van der Waals surface area contributed by atoms with E-state index in [2.05, 4.69) is 28.2 Å². The lowest BCUT2D eigenvalue weighted by Crippen LogP contribution is -2.45. The third-order valence-electron chi connectivity index (χ3n) is 7.30. The molecule has 0 radical (unpaired) electrons. The molecule has 0 amide bonds. The summed E-state index contributed by atoms with van der Waals surface area (Å²) in [6, 6.07) is 13.8. The highest BCUT2D eigenvalue weighted by Gasteiger charge is 2.18. The lowest BCUT2D eigenvalue weighted by atomic mass is 10.0. The molecule has 1 aliphatic heterocycles. The zero-order valence-corrected chi connectivity index (χ0v) is 23.4. The minimum absolute atomic E-state index is 0.437. The van der Waals surface area contributed by atoms with Crippen LogP contribution in [0.4, 0.5) is 11.4 Å². The number of nitrogens with one attached hydrogen (secondary N) is 1. The summed E-state index contributed by atoms with van der Waals surface area (Å²) in [5.74, 6) is 1.93. The van der Waals surface area contributed by atoms with E-state index in [1.807, 2.05) is 43.3 Å². The number of aromatic nitrogens is 1. The van der Waals surface area contributed by atoms with Crippen LogP contribution in [0.3, 0.4) is 0 Å². The molecule has 3 aromatic carbocycles. The number of benzene rings is 3. The van der Waals surface area contributed by atoms with Crippen molar-refractivity contribution >= 4 is 44.7 Å². The van der Waals surface area contributed by atoms with Gasteiger partial charge in [-0.3, -0.25) is 9.88 Å². The van der Waals surface area contributed by atoms with Gasteiger partial charge in [0.05, 0.1) is 36.0 Å². The molecular weight excluding hydrogens is 514 g/mol. The number of pyridine rings is 1. The first-order valence-electron chi connectivity index (χ1n) is 12.9. The normalized spacial score (nSPS) is 14.4. The van der Waals surface area contributed by atoms with E-state index in [0.717, 1.165) is 65.6 Å². The summed E-state index contributed by atoms with van der Waals surface area (Å²) in [5, 5.41) is 16.5. The lowest BCUT2D eigenvalue weighted by molar-refractivity contribution is 0.133. The molecule has 8 nitrogen and oxygen atoms in total. The molecule has 0 unspecified atom stereocenters. The molecule has 1 aromatic heterocycles. The average molecular weight is 546 g/mol. The Labute approximate surface area is 233 Å². The van der Waals surface area contributed by atoms with E-state index in [1.165, 1.54) is 0 Å². The zero-order valence-electron chi connectivity index (χ0n) is 22.7. The largest absolute Gasteiger partial charge is 0.495 e. The minimum Gasteiger partial charge on any atom is -0.495 e. The third-order valence-corrected chi connectivity index (χ3v) is 7.59. The number of methoxy groups -OCH3 is 2. The molecule has 0 spiro atoms. The van der Waals surface area contributed by atoms with Crippen LogP contribution in [0.25, 0.3) is 21.7 Å². The number of aryl methyl sites for hydroxylation is 1. The Morgan fingerprint density at radius 1 is 1.00 bits per heavy atom. The average Bonchev–Trinajstić information content (AvgIpc) is 2.95. The predicted molar refractivity (Wildman–Crippen MR) is 156 cm³/mol. The quantitative estimate of drug-likeness (QED) is 0.286. The van der Waals surface area contributed by atoms with Gasteiger partial charge in [-0.1, -0.05) is 11.6 Å². The van der Waals surface area contributed by atoms with Crippen molar-refractivity contribution in [2.24, 2.45) is 0 Å². The van der Waals surface area contributed by atoms with Crippen LogP contribution in [-0.4, -0.2) is 75.4 Å². The van der Waals surface area contributed by atoms with Gasteiger partial charge in [0.15, 0.2) is 11.5 Å². The third kappa shape index (κ3) is 5.39. The maximum Gasteiger partial charge on any atom is 0.169 e. The molecule has 1 saturated heterocycles. The van der Waals surface area contributed by atoms with Crippen molar-refractivity contribution in [3.63, 3.8) is 0 Å². The molecule has 0 atom stereocenters. The molecule has 0 saturated carbocycles. The van der Waals surface area contributed by atoms with Crippen molar-refractivity contribution in [2.75, 3.05) is 65.9 Å². The van der Waals surface area contributed by atoms with E-state index in [0.29, 0.717) is 40.1 Å². The van der Waals surface area contributed by atoms with Crippen LogP contribution >= 0.6 is 11.6 Å². The second kappa shape index (κ2) is 11.5. The van der Waals surface area contributed by atoms with E-state index in [-0.39, 0.29) is 0 Å². The van der Waals surface area contributed by atoms with Crippen LogP contribution in [-0.2, 0) is 0 Å². The van der Waals surface area contributed by atoms with E-state index in [9.17, 15) is 5.26 Å². The smallest absolute Gasteiger partial charge is 0.169 e. The van der Waals surface area contributed by atoms with Gasteiger partial charge in [-0.15, -0.1) is 0 Å². The van der Waals surface area contributed by atoms with Gasteiger partial charge < -0.3 is 24.4 Å². The number of hydrogen-bond donors (Lipinski definition) is 1. The van der Waals surface area contributed by atoms with Crippen LogP contribution in [0.5, 0.6) is 17.2 Å². The number of rotatable bonds is 8. The number of piperazine rings is 1. The summed E-state index contributed by atoms with van der Waals surface area (Å²) < 4.78 is 17.4. The number of halogens is 1. The summed E-state index contributed by atoms with van der Waals surface area (Å²) >= 11 is 6.31. The number of fused-ring (bicyclic) bond motifs is 3. The van der Waals surface area contributed by atoms with E-state index < -0.39 is 0 Å². The predicted octanol–water partition coefficient (Wildman–Crippen LogP) is 5.61. The molecule has 5 rings (SSSR count). The van der Waals surface area contributed by atoms with Gasteiger partial charge in [-0.05, 0) is 49.9 Å². The summed E-state index contributed by atoms with van der Waals surface area (Å²) in [7, 11) is 5.38. The van der Waals surface area contributed by atoms with Crippen LogP contribution in [0, 0.1) is 18.3 Å². The highest BCUT2D eigenvalue weighted by molar-refractivity contribution is 6.32. The Balaban J connectivity index is 1.53. The van der Waals surface area contributed by atoms with Gasteiger partial charge in [-0.25, -0.2) is 0 Å². The van der Waals surface area contributed by atoms with Gasteiger partial charge in [0.25, 0.3) is 0 Å². The van der Waals surface area contributed by atoms with Crippen molar-refractivity contribution in [3.8, 4) is 23.3 Å². The maximum atomic E-state index is 9.90. The highest BCUT2D eigenvalue weighted by atomic mass is 35.5. The second-order valence-electron chi connectivity index (χ2n) is 9.73. The van der Waals surface area contributed by atoms with Gasteiger partial charge >= 0.3 is 0 Å². The first-order valence-corrected chi connectivity index (χ1v) is 13.3. The Hall–Kier alpha value is -3.77. The zero-order chi connectivity index (χ0) is 27.5. The molecule has 0 bridgehead atoms. The molecule has 1 aliphatic rings. The Morgan fingerprint density at radius 2 is 1.72 bits per heavy atom. The van der Waals surface area contributed by atoms with Crippen LogP contribution < -0.4 is 19.5 Å². The standard InChI is InChI=1S/C30H32ClN5O3/c1-19-15-24(31)27(38-4)16-25(19)34-28-20(17-32)18-33-29-21-7-8-26(37-3)30(22(21)5-6-23(28)29)39-14-13-36-11-9-35(2)10-12-36/h5-8,15-16,18H,9-14H2,1-4H3,(H,33,34). The topological polar surface area (TPSA) is 82.9 Å².